The molecule has 1 amide bonds. The number of imidazole rings is 1. The van der Waals surface area contributed by atoms with Crippen LogP contribution in [0.1, 0.15) is 61.8 Å². The van der Waals surface area contributed by atoms with Crippen molar-refractivity contribution in [3.63, 3.8) is 0 Å². The van der Waals surface area contributed by atoms with Gasteiger partial charge in [-0.05, 0) is 88.9 Å². The smallest absolute Gasteiger partial charge is 0.261 e. The zero-order valence-electron chi connectivity index (χ0n) is 28.2. The number of amides is 1. The number of likely N-dealkylation sites (N-methyl/N-ethyl adjacent to an activating group) is 1. The minimum absolute atomic E-state index is 0.0298. The summed E-state index contributed by atoms with van der Waals surface area (Å²) in [5.74, 6) is -0.479. The molecule has 7 rings (SSSR count). The van der Waals surface area contributed by atoms with Crippen LogP contribution in [0.25, 0.3) is 22.3 Å². The Hall–Kier alpha value is -4.06. The Morgan fingerprint density at radius 2 is 1.71 bits per heavy atom. The van der Waals surface area contributed by atoms with Crippen LogP contribution in [0.15, 0.2) is 54.7 Å². The van der Waals surface area contributed by atoms with E-state index in [9.17, 15) is 9.90 Å². The van der Waals surface area contributed by atoms with Gasteiger partial charge in [0.05, 0.1) is 29.3 Å². The van der Waals surface area contributed by atoms with Gasteiger partial charge in [0.2, 0.25) is 5.95 Å². The normalized spacial score (nSPS) is 23.0. The number of piperazine rings is 1. The molecule has 11 heteroatoms. The number of pyridine rings is 1. The first-order valence-corrected chi connectivity index (χ1v) is 17.2. The summed E-state index contributed by atoms with van der Waals surface area (Å²) >= 11 is 0. The molecule has 0 atom stereocenters. The van der Waals surface area contributed by atoms with Crippen molar-refractivity contribution in [2.45, 2.75) is 63.1 Å². The van der Waals surface area contributed by atoms with Gasteiger partial charge in [0, 0.05) is 68.8 Å². The molecular weight excluding hydrogens is 609 g/mol. The second kappa shape index (κ2) is 13.4. The van der Waals surface area contributed by atoms with Crippen LogP contribution >= 0.6 is 0 Å². The van der Waals surface area contributed by atoms with Crippen LogP contribution in [0.5, 0.6) is 5.75 Å². The molecule has 2 saturated heterocycles. The number of anilines is 2. The van der Waals surface area contributed by atoms with Gasteiger partial charge in [0.1, 0.15) is 11.4 Å². The molecule has 0 bridgehead atoms. The fraction of sp³-hybridized carbons (Fsp3) is 0.486. The number of carbonyl (C=O) groups is 1. The van der Waals surface area contributed by atoms with E-state index in [-0.39, 0.29) is 17.3 Å². The van der Waals surface area contributed by atoms with Crippen LogP contribution < -0.4 is 15.0 Å². The average Bonchev–Trinajstić information content (AvgIpc) is 3.45. The fourth-order valence-electron chi connectivity index (χ4n) is 7.72. The van der Waals surface area contributed by atoms with Crippen molar-refractivity contribution in [1.82, 2.24) is 24.3 Å². The number of benzene rings is 2. The summed E-state index contributed by atoms with van der Waals surface area (Å²) in [6.07, 6.45) is 6.47. The SMILES string of the molecule is COc1ccccc1-c1nccc(C(=O)Nc2nc3cc(N4CCC(N5CCN(C)CC5)CC4)ccc3n2C2CCC(C)(O)CC2)c1F. The molecule has 3 fully saturated rings. The number of nitrogens with zero attached hydrogens (tertiary/aromatic N) is 6. The van der Waals surface area contributed by atoms with Crippen molar-refractivity contribution in [2.75, 3.05) is 63.6 Å². The highest BCUT2D eigenvalue weighted by Gasteiger charge is 2.33. The van der Waals surface area contributed by atoms with Gasteiger partial charge in [-0.2, -0.15) is 0 Å². The molecule has 2 N–H and O–H groups in total. The van der Waals surface area contributed by atoms with Crippen molar-refractivity contribution < 1.29 is 19.0 Å². The van der Waals surface area contributed by atoms with E-state index in [2.05, 4.69) is 54.8 Å². The molecule has 4 heterocycles. The summed E-state index contributed by atoms with van der Waals surface area (Å²) in [6, 6.07) is 15.4. The Morgan fingerprint density at radius 1 is 0.979 bits per heavy atom. The van der Waals surface area contributed by atoms with Crippen LogP contribution in [0.2, 0.25) is 0 Å². The second-order valence-electron chi connectivity index (χ2n) is 13.9. The molecule has 2 aromatic heterocycles. The number of methoxy groups -OCH3 is 1. The first kappa shape index (κ1) is 32.5. The van der Waals surface area contributed by atoms with Gasteiger partial charge in [-0.3, -0.25) is 20.0 Å². The molecule has 3 aliphatic rings. The highest BCUT2D eigenvalue weighted by Crippen LogP contribution is 2.39. The number of hydrogen-bond acceptors (Lipinski definition) is 8. The minimum atomic E-state index is -0.724. The van der Waals surface area contributed by atoms with Crippen molar-refractivity contribution in [3.05, 3.63) is 66.1 Å². The van der Waals surface area contributed by atoms with E-state index in [0.717, 1.165) is 81.7 Å². The first-order chi connectivity index (χ1) is 23.2. The number of ether oxygens (including phenoxy) is 1. The number of nitrogens with one attached hydrogen (secondary N) is 1. The third-order valence-corrected chi connectivity index (χ3v) is 10.7. The number of piperidine rings is 1. The molecule has 10 nitrogen and oxygen atoms in total. The van der Waals surface area contributed by atoms with E-state index in [1.807, 2.05) is 6.92 Å². The Bertz CT molecular complexity index is 1770. The van der Waals surface area contributed by atoms with Gasteiger partial charge in [0.25, 0.3) is 5.91 Å². The lowest BCUT2D eigenvalue weighted by atomic mass is 9.83. The number of fused-ring (bicyclic) bond motifs is 1. The fourth-order valence-corrected chi connectivity index (χ4v) is 7.72. The standard InChI is InChI=1S/C37H46FN7O3/c1-37(47)15-10-26(11-16-37)45-31-9-8-27(43-18-13-25(14-19-43)44-22-20-42(2)21-23-44)24-30(31)40-36(45)41-35(46)29-12-17-39-34(33(29)38)28-6-4-5-7-32(28)48-3/h4-9,12,17,24-26,47H,10-11,13-16,18-23H2,1-3H3,(H,40,41,46). The zero-order valence-corrected chi connectivity index (χ0v) is 28.2. The topological polar surface area (TPSA) is 99.0 Å². The van der Waals surface area contributed by atoms with Crippen LogP contribution in [-0.4, -0.2) is 100 Å². The third kappa shape index (κ3) is 6.51. The summed E-state index contributed by atoms with van der Waals surface area (Å²) in [6.45, 7) is 8.40. The highest BCUT2D eigenvalue weighted by molar-refractivity contribution is 6.05. The van der Waals surface area contributed by atoms with Gasteiger partial charge in [-0.25, -0.2) is 9.37 Å². The van der Waals surface area contributed by atoms with Crippen LogP contribution in [0.3, 0.4) is 0 Å². The summed E-state index contributed by atoms with van der Waals surface area (Å²) in [5.41, 5.74) is 2.49. The maximum atomic E-state index is 16.0. The number of aromatic nitrogens is 3. The van der Waals surface area contributed by atoms with Gasteiger partial charge < -0.3 is 24.2 Å². The number of hydrogen-bond donors (Lipinski definition) is 2. The van der Waals surface area contributed by atoms with Crippen LogP contribution in [0, 0.1) is 5.82 Å². The lowest BCUT2D eigenvalue weighted by Gasteiger charge is -2.42. The Labute approximate surface area is 281 Å². The minimum Gasteiger partial charge on any atom is -0.496 e. The van der Waals surface area contributed by atoms with Crippen molar-refractivity contribution in [3.8, 4) is 17.0 Å². The van der Waals surface area contributed by atoms with Crippen LogP contribution in [0.4, 0.5) is 16.0 Å². The summed E-state index contributed by atoms with van der Waals surface area (Å²) in [4.78, 5) is 30.5. The summed E-state index contributed by atoms with van der Waals surface area (Å²) in [5, 5.41) is 13.6. The van der Waals surface area contributed by atoms with E-state index >= 15 is 4.39 Å². The predicted octanol–water partition coefficient (Wildman–Crippen LogP) is 5.58. The molecule has 4 aromatic rings. The van der Waals surface area contributed by atoms with Gasteiger partial charge in [-0.1, -0.05) is 12.1 Å². The number of aliphatic hydroxyl groups is 1. The van der Waals surface area contributed by atoms with Gasteiger partial charge in [0.15, 0.2) is 5.82 Å². The van der Waals surface area contributed by atoms with Crippen molar-refractivity contribution in [2.24, 2.45) is 0 Å². The molecule has 2 aromatic carbocycles. The Morgan fingerprint density at radius 3 is 2.44 bits per heavy atom. The van der Waals surface area contributed by atoms with Gasteiger partial charge >= 0.3 is 0 Å². The molecule has 1 aliphatic carbocycles. The second-order valence-corrected chi connectivity index (χ2v) is 13.9. The molecule has 0 unspecified atom stereocenters. The van der Waals surface area contributed by atoms with E-state index in [4.69, 9.17) is 9.72 Å². The largest absolute Gasteiger partial charge is 0.496 e. The van der Waals surface area contributed by atoms with Crippen molar-refractivity contribution in [1.29, 1.82) is 0 Å². The molecule has 2 aliphatic heterocycles. The number of carbonyl (C=O) groups excluding carboxylic acids is 1. The van der Waals surface area contributed by atoms with E-state index in [1.54, 1.807) is 24.3 Å². The molecule has 0 spiro atoms. The molecule has 254 valence electrons. The third-order valence-electron chi connectivity index (χ3n) is 10.7. The Balaban J connectivity index is 1.16. The number of halogens is 1. The maximum absolute atomic E-state index is 16.0. The average molecular weight is 656 g/mol. The molecular formula is C37H46FN7O3. The summed E-state index contributed by atoms with van der Waals surface area (Å²) in [7, 11) is 3.72. The van der Waals surface area contributed by atoms with E-state index < -0.39 is 17.3 Å². The lowest BCUT2D eigenvalue weighted by molar-refractivity contribution is 0.0106. The zero-order chi connectivity index (χ0) is 33.4. The Kier molecular flexibility index (Phi) is 9.10. The molecule has 1 saturated carbocycles. The van der Waals surface area contributed by atoms with Crippen molar-refractivity contribution >= 4 is 28.6 Å². The quantitative estimate of drug-likeness (QED) is 0.266. The lowest BCUT2D eigenvalue weighted by Crippen LogP contribution is -2.52. The maximum Gasteiger partial charge on any atom is 0.261 e. The van der Waals surface area contributed by atoms with E-state index in [0.29, 0.717) is 36.1 Å². The highest BCUT2D eigenvalue weighted by atomic mass is 19.1. The monoisotopic (exact) mass is 655 g/mol. The summed E-state index contributed by atoms with van der Waals surface area (Å²) < 4.78 is 23.5. The van der Waals surface area contributed by atoms with E-state index in [1.165, 1.54) is 19.4 Å². The first-order valence-electron chi connectivity index (χ1n) is 17.2. The molecule has 0 radical (unpaired) electrons. The van der Waals surface area contributed by atoms with Crippen LogP contribution in [-0.2, 0) is 0 Å². The molecule has 48 heavy (non-hydrogen) atoms. The predicted molar refractivity (Wildman–Crippen MR) is 186 cm³/mol. The van der Waals surface area contributed by atoms with Gasteiger partial charge in [-0.15, -0.1) is 0 Å². The number of para-hydroxylation sites is 1. The number of rotatable bonds is 7.